The van der Waals surface area contributed by atoms with Gasteiger partial charge in [-0.25, -0.2) is 0 Å². The van der Waals surface area contributed by atoms with Crippen molar-refractivity contribution < 1.29 is 10.0 Å². The van der Waals surface area contributed by atoms with E-state index >= 15 is 0 Å². The molecule has 2 N–H and O–H groups in total. The summed E-state index contributed by atoms with van der Waals surface area (Å²) in [6.45, 7) is 6.60. The monoisotopic (exact) mass is 266 g/mol. The van der Waals surface area contributed by atoms with Crippen molar-refractivity contribution in [3.63, 3.8) is 0 Å². The number of hydrogen-bond acceptors (Lipinski definition) is 4. The molecule has 0 aliphatic rings. The standard InChI is InChI=1S/C14H22N2O3/c1-10(2)14(17)7-8-15-11(3)12-5-4-6-13(9-12)16(18)19/h4-6,9-11,14-15,17H,7-8H2,1-3H3. The van der Waals surface area contributed by atoms with Gasteiger partial charge in [-0.15, -0.1) is 0 Å². The van der Waals surface area contributed by atoms with E-state index in [1.165, 1.54) is 6.07 Å². The Kier molecular flexibility index (Phi) is 5.92. The first kappa shape index (κ1) is 15.6. The van der Waals surface area contributed by atoms with Gasteiger partial charge in [0, 0.05) is 18.2 Å². The highest BCUT2D eigenvalue weighted by Gasteiger charge is 2.12. The lowest BCUT2D eigenvalue weighted by molar-refractivity contribution is -0.384. The second-order valence-corrected chi connectivity index (χ2v) is 5.13. The Morgan fingerprint density at radius 3 is 2.63 bits per heavy atom. The van der Waals surface area contributed by atoms with E-state index in [0.29, 0.717) is 13.0 Å². The number of rotatable bonds is 7. The Hall–Kier alpha value is -1.46. The van der Waals surface area contributed by atoms with Crippen molar-refractivity contribution in [1.29, 1.82) is 0 Å². The summed E-state index contributed by atoms with van der Waals surface area (Å²) in [4.78, 5) is 10.3. The summed E-state index contributed by atoms with van der Waals surface area (Å²) >= 11 is 0. The van der Waals surface area contributed by atoms with Crippen LogP contribution in [0.2, 0.25) is 0 Å². The van der Waals surface area contributed by atoms with Gasteiger partial charge in [0.15, 0.2) is 0 Å². The van der Waals surface area contributed by atoms with E-state index in [0.717, 1.165) is 5.56 Å². The van der Waals surface area contributed by atoms with Crippen LogP contribution in [0, 0.1) is 16.0 Å². The number of non-ortho nitro benzene ring substituents is 1. The third-order valence-electron chi connectivity index (χ3n) is 3.24. The van der Waals surface area contributed by atoms with Crippen LogP contribution in [0.5, 0.6) is 0 Å². The van der Waals surface area contributed by atoms with Gasteiger partial charge < -0.3 is 10.4 Å². The minimum Gasteiger partial charge on any atom is -0.393 e. The van der Waals surface area contributed by atoms with Crippen LogP contribution in [-0.2, 0) is 0 Å². The number of aliphatic hydroxyl groups is 1. The van der Waals surface area contributed by atoms with Crippen LogP contribution in [0.15, 0.2) is 24.3 Å². The van der Waals surface area contributed by atoms with E-state index in [1.807, 2.05) is 26.8 Å². The number of hydrogen-bond donors (Lipinski definition) is 2. The van der Waals surface area contributed by atoms with Gasteiger partial charge >= 0.3 is 0 Å². The minimum atomic E-state index is -0.390. The summed E-state index contributed by atoms with van der Waals surface area (Å²) < 4.78 is 0. The van der Waals surface area contributed by atoms with E-state index in [9.17, 15) is 15.2 Å². The number of nitro groups is 1. The number of nitrogens with zero attached hydrogens (tertiary/aromatic N) is 1. The van der Waals surface area contributed by atoms with Gasteiger partial charge in [0.25, 0.3) is 5.69 Å². The summed E-state index contributed by atoms with van der Waals surface area (Å²) in [6.07, 6.45) is 0.363. The van der Waals surface area contributed by atoms with Gasteiger partial charge in [-0.2, -0.15) is 0 Å². The highest BCUT2D eigenvalue weighted by Crippen LogP contribution is 2.19. The van der Waals surface area contributed by atoms with Crippen LogP contribution in [0.3, 0.4) is 0 Å². The average molecular weight is 266 g/mol. The van der Waals surface area contributed by atoms with Crippen molar-refractivity contribution in [2.24, 2.45) is 5.92 Å². The quantitative estimate of drug-likeness (QED) is 0.587. The third kappa shape index (κ3) is 4.96. The maximum atomic E-state index is 10.7. The lowest BCUT2D eigenvalue weighted by Gasteiger charge is -2.18. The number of benzene rings is 1. The first-order chi connectivity index (χ1) is 8.91. The Morgan fingerprint density at radius 2 is 2.05 bits per heavy atom. The zero-order valence-corrected chi connectivity index (χ0v) is 11.7. The van der Waals surface area contributed by atoms with Crippen LogP contribution in [-0.4, -0.2) is 22.7 Å². The molecule has 1 aromatic rings. The number of nitrogens with one attached hydrogen (secondary N) is 1. The van der Waals surface area contributed by atoms with Gasteiger partial charge in [0.1, 0.15) is 0 Å². The molecule has 0 heterocycles. The molecule has 0 aromatic heterocycles. The molecular weight excluding hydrogens is 244 g/mol. The lowest BCUT2D eigenvalue weighted by Crippen LogP contribution is -2.25. The Morgan fingerprint density at radius 1 is 1.37 bits per heavy atom. The number of nitro benzene ring substituents is 1. The molecule has 0 saturated carbocycles. The Balaban J connectivity index is 2.51. The third-order valence-corrected chi connectivity index (χ3v) is 3.24. The highest BCUT2D eigenvalue weighted by molar-refractivity contribution is 5.35. The fraction of sp³-hybridized carbons (Fsp3) is 0.571. The largest absolute Gasteiger partial charge is 0.393 e. The predicted octanol–water partition coefficient (Wildman–Crippen LogP) is 2.65. The van der Waals surface area contributed by atoms with Crippen LogP contribution in [0.4, 0.5) is 5.69 Å². The second kappa shape index (κ2) is 7.21. The van der Waals surface area contributed by atoms with Gasteiger partial charge in [-0.3, -0.25) is 10.1 Å². The van der Waals surface area contributed by atoms with Crippen LogP contribution >= 0.6 is 0 Å². The molecule has 2 atom stereocenters. The van der Waals surface area contributed by atoms with Gasteiger partial charge in [0.05, 0.1) is 11.0 Å². The highest BCUT2D eigenvalue weighted by atomic mass is 16.6. The zero-order valence-electron chi connectivity index (χ0n) is 11.7. The molecule has 5 nitrogen and oxygen atoms in total. The molecule has 5 heteroatoms. The Labute approximate surface area is 113 Å². The topological polar surface area (TPSA) is 75.4 Å². The SMILES string of the molecule is CC(NCCC(O)C(C)C)c1cccc([N+](=O)[O-])c1. The molecule has 0 amide bonds. The second-order valence-electron chi connectivity index (χ2n) is 5.13. The molecule has 0 bridgehead atoms. The molecule has 106 valence electrons. The van der Waals surface area contributed by atoms with E-state index < -0.39 is 4.92 Å². The number of aliphatic hydroxyl groups excluding tert-OH is 1. The van der Waals surface area contributed by atoms with Crippen LogP contribution < -0.4 is 5.32 Å². The average Bonchev–Trinajstić information content (AvgIpc) is 2.38. The van der Waals surface area contributed by atoms with Crippen molar-refractivity contribution in [2.75, 3.05) is 6.54 Å². The lowest BCUT2D eigenvalue weighted by atomic mass is 10.0. The van der Waals surface area contributed by atoms with Crippen LogP contribution in [0.25, 0.3) is 0 Å². The molecule has 0 radical (unpaired) electrons. The van der Waals surface area contributed by atoms with E-state index in [4.69, 9.17) is 0 Å². The molecule has 2 unspecified atom stereocenters. The van der Waals surface area contributed by atoms with E-state index in [2.05, 4.69) is 5.32 Å². The molecule has 0 aliphatic carbocycles. The molecule has 19 heavy (non-hydrogen) atoms. The zero-order chi connectivity index (χ0) is 14.4. The van der Waals surface area contributed by atoms with Crippen molar-refractivity contribution in [2.45, 2.75) is 39.3 Å². The molecule has 0 saturated heterocycles. The van der Waals surface area contributed by atoms with Crippen LogP contribution in [0.1, 0.15) is 38.8 Å². The first-order valence-electron chi connectivity index (χ1n) is 6.57. The Bertz CT molecular complexity index is 421. The molecule has 0 spiro atoms. The van der Waals surface area contributed by atoms with Gasteiger partial charge in [-0.1, -0.05) is 26.0 Å². The molecule has 1 rings (SSSR count). The summed E-state index contributed by atoms with van der Waals surface area (Å²) in [6, 6.07) is 6.65. The molecule has 0 fully saturated rings. The summed E-state index contributed by atoms with van der Waals surface area (Å²) in [5.41, 5.74) is 0.988. The maximum absolute atomic E-state index is 10.7. The maximum Gasteiger partial charge on any atom is 0.269 e. The van der Waals surface area contributed by atoms with E-state index in [-0.39, 0.29) is 23.8 Å². The smallest absolute Gasteiger partial charge is 0.269 e. The van der Waals surface area contributed by atoms with Crippen molar-refractivity contribution >= 4 is 5.69 Å². The summed E-state index contributed by atoms with van der Waals surface area (Å²) in [7, 11) is 0. The van der Waals surface area contributed by atoms with E-state index in [1.54, 1.807) is 12.1 Å². The summed E-state index contributed by atoms with van der Waals surface area (Å²) in [5.74, 6) is 0.245. The molecule has 0 aliphatic heterocycles. The normalized spacial score (nSPS) is 14.4. The first-order valence-corrected chi connectivity index (χ1v) is 6.57. The van der Waals surface area contributed by atoms with Crippen molar-refractivity contribution in [3.8, 4) is 0 Å². The van der Waals surface area contributed by atoms with Gasteiger partial charge in [-0.05, 0) is 31.4 Å². The molecular formula is C14H22N2O3. The summed E-state index contributed by atoms with van der Waals surface area (Å²) in [5, 5.41) is 23.7. The fourth-order valence-electron chi connectivity index (χ4n) is 1.81. The fourth-order valence-corrected chi connectivity index (χ4v) is 1.81. The molecule has 1 aromatic carbocycles. The minimum absolute atomic E-state index is 0.0271. The predicted molar refractivity (Wildman–Crippen MR) is 75.0 cm³/mol. The van der Waals surface area contributed by atoms with Gasteiger partial charge in [0.2, 0.25) is 0 Å². The van der Waals surface area contributed by atoms with Crippen molar-refractivity contribution in [3.05, 3.63) is 39.9 Å². The van der Waals surface area contributed by atoms with Crippen molar-refractivity contribution in [1.82, 2.24) is 5.32 Å².